The normalized spacial score (nSPS) is 28.8. The van der Waals surface area contributed by atoms with E-state index in [0.29, 0.717) is 42.9 Å². The summed E-state index contributed by atoms with van der Waals surface area (Å²) in [7, 11) is -4.09. The number of benzene rings is 1. The number of fused-ring (bicyclic) bond motifs is 3. The van der Waals surface area contributed by atoms with Gasteiger partial charge in [0.2, 0.25) is 33.6 Å². The highest BCUT2D eigenvalue weighted by Crippen LogP contribution is 2.48. The molecular weight excluding hydrogens is 789 g/mol. The van der Waals surface area contributed by atoms with E-state index in [4.69, 9.17) is 9.47 Å². The van der Waals surface area contributed by atoms with Crippen LogP contribution in [0.3, 0.4) is 0 Å². The number of nitrogens with zero attached hydrogens (tertiary/aromatic N) is 3. The fourth-order valence-corrected chi connectivity index (χ4v) is 9.66. The third kappa shape index (κ3) is 8.71. The molecule has 0 bridgehead atoms. The van der Waals surface area contributed by atoms with Crippen molar-refractivity contribution in [3.05, 3.63) is 42.5 Å². The molecule has 17 heteroatoms. The average molecular weight is 846 g/mol. The number of carboxylic acid groups (broad SMARTS) is 1. The lowest BCUT2D eigenvalue weighted by molar-refractivity contribution is -0.156. The minimum atomic E-state index is -4.09. The number of pyridine rings is 1. The fourth-order valence-electron chi connectivity index (χ4n) is 8.35. The summed E-state index contributed by atoms with van der Waals surface area (Å²) in [5, 5.41) is 14.8. The van der Waals surface area contributed by atoms with Crippen LogP contribution in [-0.4, -0.2) is 105 Å². The number of halogens is 2. The summed E-state index contributed by atoms with van der Waals surface area (Å²) < 4.78 is 70.8. The molecule has 7 atom stereocenters. The highest BCUT2D eigenvalue weighted by molar-refractivity contribution is 7.91. The Morgan fingerprint density at radius 3 is 2.42 bits per heavy atom. The molecule has 3 heterocycles. The van der Waals surface area contributed by atoms with Crippen LogP contribution >= 0.6 is 0 Å². The molecule has 2 aliphatic carbocycles. The number of hydrogen-bond acceptors (Lipinski definition) is 9. The molecule has 1 aromatic heterocycles. The molecule has 1 saturated heterocycles. The summed E-state index contributed by atoms with van der Waals surface area (Å²) in [4.78, 5) is 63.3. The Balaban J connectivity index is 1.44. The number of rotatable bonds is 10. The molecule has 2 saturated carbocycles. The first-order chi connectivity index (χ1) is 27.4. The highest BCUT2D eigenvalue weighted by atomic mass is 32.2. The number of sulfonamides is 1. The van der Waals surface area contributed by atoms with E-state index in [1.54, 1.807) is 38.1 Å². The first kappa shape index (κ1) is 44.0. The number of aromatic nitrogens is 1. The Labute approximate surface area is 344 Å². The second-order valence-electron chi connectivity index (χ2n) is 18.2. The van der Waals surface area contributed by atoms with Crippen molar-refractivity contribution >= 4 is 44.6 Å². The Hall–Kier alpha value is -4.54. The molecule has 324 valence electrons. The van der Waals surface area contributed by atoms with Gasteiger partial charge in [0.15, 0.2) is 0 Å². The fraction of sp³-hybridized carbons (Fsp3) is 0.643. The van der Waals surface area contributed by atoms with Gasteiger partial charge < -0.3 is 24.8 Å². The number of hydrogen-bond donors (Lipinski definition) is 3. The van der Waals surface area contributed by atoms with Gasteiger partial charge in [-0.2, -0.15) is 4.98 Å². The van der Waals surface area contributed by atoms with Crippen LogP contribution in [-0.2, 0) is 24.4 Å². The van der Waals surface area contributed by atoms with Gasteiger partial charge in [-0.15, -0.1) is 0 Å². The van der Waals surface area contributed by atoms with Gasteiger partial charge in [0.05, 0.1) is 17.4 Å². The van der Waals surface area contributed by atoms with Gasteiger partial charge >= 0.3 is 6.09 Å². The minimum Gasteiger partial charge on any atom is -0.475 e. The lowest BCUT2D eigenvalue weighted by Gasteiger charge is -2.47. The van der Waals surface area contributed by atoms with Crippen molar-refractivity contribution in [3.63, 3.8) is 0 Å². The van der Waals surface area contributed by atoms with E-state index < -0.39 is 85.6 Å². The summed E-state index contributed by atoms with van der Waals surface area (Å²) in [5.41, 5.74) is -4.04. The zero-order chi connectivity index (χ0) is 43.5. The third-order valence-electron chi connectivity index (χ3n) is 12.7. The molecule has 0 radical (unpaired) electrons. The number of carbonyl (C=O) groups is 4. The molecule has 1 aromatic carbocycles. The van der Waals surface area contributed by atoms with E-state index in [-0.39, 0.29) is 49.6 Å². The second kappa shape index (κ2) is 15.8. The predicted octanol–water partition coefficient (Wildman–Crippen LogP) is 6.04. The zero-order valence-electron chi connectivity index (χ0n) is 35.0. The monoisotopic (exact) mass is 845 g/mol. The van der Waals surface area contributed by atoms with Crippen molar-refractivity contribution in [3.8, 4) is 11.8 Å². The Morgan fingerprint density at radius 2 is 1.80 bits per heavy atom. The van der Waals surface area contributed by atoms with Gasteiger partial charge in [0.25, 0.3) is 11.8 Å². The second-order valence-corrected chi connectivity index (χ2v) is 20.4. The Kier molecular flexibility index (Phi) is 11.8. The highest BCUT2D eigenvalue weighted by Gasteiger charge is 2.63. The van der Waals surface area contributed by atoms with E-state index in [2.05, 4.69) is 15.0 Å². The molecule has 6 rings (SSSR count). The van der Waals surface area contributed by atoms with Gasteiger partial charge in [-0.25, -0.2) is 22.0 Å². The number of amides is 4. The molecule has 3 fully saturated rings. The summed E-state index contributed by atoms with van der Waals surface area (Å²) >= 11 is 0. The standard InChI is InChI=1S/C42H57F2N5O9S/c1-24(2)57-32-20-27-14-10-12-16-30(27)35(45-32)58-29-21-31-34(50)46-42(37(52)47-59(55,56)40(7)17-18-40)22-28(42)15-11-9-13-25(3)19-26(4)33(36(51)48(31)23-29)49(38(53)54)39(5,6)41(8,43)44/h10-12,14-16,20,24-26,28-29,31,33H,9,13,17-19,21-23H2,1-8H3,(H,46,50)(H,47,52)(H,53,54)/t25-,26+,28+,29+,31-,33-,42+/m0/s1. The largest absolute Gasteiger partial charge is 0.475 e. The molecular formula is C42H57F2N5O9S. The molecule has 0 spiro atoms. The van der Waals surface area contributed by atoms with E-state index in [1.165, 1.54) is 0 Å². The topological polar surface area (TPSA) is 185 Å². The molecule has 4 aliphatic rings. The summed E-state index contributed by atoms with van der Waals surface area (Å²) in [5.74, 6) is -7.21. The van der Waals surface area contributed by atoms with Crippen LogP contribution in [0.1, 0.15) is 100 Å². The number of carbonyl (C=O) groups excluding carboxylic acids is 3. The van der Waals surface area contributed by atoms with Crippen molar-refractivity contribution in [1.29, 1.82) is 0 Å². The van der Waals surface area contributed by atoms with E-state index >= 15 is 13.6 Å². The SMILES string of the molecule is CC(C)Oc1cc2ccccc2c(O[C@@H]2C[C@H]3C(=O)N[C@]4(C(=O)NS(=O)(=O)C5(C)CC5)C[C@H]4C=CCC[C@H](C)C[C@@H](C)[C@H](N(C(=O)O)C(C)(C)C(C)(F)F)C(=O)N3C2)n1. The van der Waals surface area contributed by atoms with Gasteiger partial charge in [0, 0.05) is 30.7 Å². The van der Waals surface area contributed by atoms with Crippen LogP contribution < -0.4 is 19.5 Å². The van der Waals surface area contributed by atoms with Crippen molar-refractivity contribution in [2.75, 3.05) is 6.54 Å². The van der Waals surface area contributed by atoms with Crippen LogP contribution in [0.15, 0.2) is 42.5 Å². The van der Waals surface area contributed by atoms with Gasteiger partial charge in [-0.3, -0.25) is 24.0 Å². The van der Waals surface area contributed by atoms with Crippen LogP contribution in [0.4, 0.5) is 13.6 Å². The molecule has 2 aromatic rings. The van der Waals surface area contributed by atoms with E-state index in [1.807, 2.05) is 39.0 Å². The molecule has 0 unspecified atom stereocenters. The van der Waals surface area contributed by atoms with Gasteiger partial charge in [-0.1, -0.05) is 44.2 Å². The van der Waals surface area contributed by atoms with Crippen molar-refractivity contribution in [1.82, 2.24) is 24.8 Å². The molecule has 2 aliphatic heterocycles. The van der Waals surface area contributed by atoms with Gasteiger partial charge in [-0.05, 0) is 96.4 Å². The number of alkyl halides is 2. The third-order valence-corrected chi connectivity index (χ3v) is 14.8. The summed E-state index contributed by atoms with van der Waals surface area (Å²) in [6.07, 6.45) is 2.83. The molecule has 59 heavy (non-hydrogen) atoms. The molecule has 4 amide bonds. The lowest BCUT2D eigenvalue weighted by atomic mass is 9.84. The van der Waals surface area contributed by atoms with E-state index in [9.17, 15) is 27.9 Å². The maximum absolute atomic E-state index is 15.4. The number of allylic oxidation sites excluding steroid dienone is 1. The number of nitrogens with one attached hydrogen (secondary N) is 2. The summed E-state index contributed by atoms with van der Waals surface area (Å²) in [6.45, 7) is 11.3. The minimum absolute atomic E-state index is 0.0915. The molecule has 3 N–H and O–H groups in total. The smallest absolute Gasteiger partial charge is 0.408 e. The quantitative estimate of drug-likeness (QED) is 0.239. The maximum atomic E-state index is 15.4. The van der Waals surface area contributed by atoms with Gasteiger partial charge in [0.1, 0.15) is 29.3 Å². The van der Waals surface area contributed by atoms with Crippen molar-refractivity contribution in [2.45, 2.75) is 146 Å². The maximum Gasteiger partial charge on any atom is 0.408 e. The van der Waals surface area contributed by atoms with Crippen LogP contribution in [0.5, 0.6) is 11.8 Å². The van der Waals surface area contributed by atoms with Crippen LogP contribution in [0.2, 0.25) is 0 Å². The zero-order valence-corrected chi connectivity index (χ0v) is 35.8. The van der Waals surface area contributed by atoms with Crippen molar-refractivity contribution in [2.24, 2.45) is 17.8 Å². The number of ether oxygens (including phenoxy) is 2. The average Bonchev–Trinajstić information content (AvgIpc) is 4.01. The first-order valence-electron chi connectivity index (χ1n) is 20.4. The first-order valence-corrected chi connectivity index (χ1v) is 21.9. The summed E-state index contributed by atoms with van der Waals surface area (Å²) in [6, 6.07) is 5.97. The molecule has 14 nitrogen and oxygen atoms in total. The van der Waals surface area contributed by atoms with Crippen LogP contribution in [0, 0.1) is 17.8 Å². The van der Waals surface area contributed by atoms with E-state index in [0.717, 1.165) is 24.1 Å². The van der Waals surface area contributed by atoms with Crippen molar-refractivity contribution < 1.29 is 51.0 Å². The lowest BCUT2D eigenvalue weighted by Crippen LogP contribution is -2.66. The van der Waals surface area contributed by atoms with Crippen LogP contribution in [0.25, 0.3) is 10.8 Å². The Morgan fingerprint density at radius 1 is 1.12 bits per heavy atom. The predicted molar refractivity (Wildman–Crippen MR) is 215 cm³/mol. The Bertz CT molecular complexity index is 2120.